The van der Waals surface area contributed by atoms with Gasteiger partial charge in [-0.15, -0.1) is 0 Å². The SMILES string of the molecule is O=C(NO)c1nccc2c1OCOC2. The molecule has 6 nitrogen and oxygen atoms in total. The number of hydrogen-bond acceptors (Lipinski definition) is 5. The van der Waals surface area contributed by atoms with E-state index in [0.29, 0.717) is 12.4 Å². The van der Waals surface area contributed by atoms with Crippen LogP contribution < -0.4 is 10.2 Å². The standard InChI is InChI=1S/C8H8N2O4/c11-8(10-12)6-7-5(1-2-9-6)3-13-4-14-7/h1-2,12H,3-4H2,(H,10,11). The first kappa shape index (κ1) is 8.92. The number of nitrogens with one attached hydrogen (secondary N) is 1. The van der Waals surface area contributed by atoms with Gasteiger partial charge in [0.15, 0.2) is 18.2 Å². The second kappa shape index (κ2) is 3.60. The molecule has 0 aromatic carbocycles. The zero-order valence-electron chi connectivity index (χ0n) is 7.19. The van der Waals surface area contributed by atoms with E-state index in [1.807, 2.05) is 0 Å². The third-order valence-electron chi connectivity index (χ3n) is 1.85. The van der Waals surface area contributed by atoms with Crippen molar-refractivity contribution in [3.8, 4) is 5.75 Å². The molecule has 1 aromatic rings. The summed E-state index contributed by atoms with van der Waals surface area (Å²) in [6.45, 7) is 0.466. The van der Waals surface area contributed by atoms with Crippen LogP contribution in [0.3, 0.4) is 0 Å². The minimum Gasteiger partial charge on any atom is -0.465 e. The molecule has 0 saturated heterocycles. The van der Waals surface area contributed by atoms with Gasteiger partial charge in [-0.3, -0.25) is 10.0 Å². The molecule has 2 N–H and O–H groups in total. The smallest absolute Gasteiger partial charge is 0.297 e. The van der Waals surface area contributed by atoms with Crippen LogP contribution in [0.25, 0.3) is 0 Å². The predicted octanol–water partition coefficient (Wildman–Crippen LogP) is 0.0671. The fourth-order valence-corrected chi connectivity index (χ4v) is 1.23. The molecule has 1 aromatic heterocycles. The Hall–Kier alpha value is -1.66. The van der Waals surface area contributed by atoms with Crippen LogP contribution in [0.2, 0.25) is 0 Å². The van der Waals surface area contributed by atoms with Crippen molar-refractivity contribution >= 4 is 5.91 Å². The summed E-state index contributed by atoms with van der Waals surface area (Å²) in [4.78, 5) is 15.0. The van der Waals surface area contributed by atoms with Gasteiger partial charge in [-0.2, -0.15) is 0 Å². The molecule has 0 spiro atoms. The van der Waals surface area contributed by atoms with Gasteiger partial charge < -0.3 is 9.47 Å². The van der Waals surface area contributed by atoms with Crippen LogP contribution in [-0.2, 0) is 11.3 Å². The van der Waals surface area contributed by atoms with Crippen molar-refractivity contribution in [2.75, 3.05) is 6.79 Å². The Bertz CT molecular complexity index is 366. The Balaban J connectivity index is 2.45. The Labute approximate surface area is 79.4 Å². The second-order valence-electron chi connectivity index (χ2n) is 2.70. The molecule has 0 radical (unpaired) electrons. The number of ether oxygens (including phenoxy) is 2. The first-order valence-corrected chi connectivity index (χ1v) is 3.96. The maximum absolute atomic E-state index is 11.1. The lowest BCUT2D eigenvalue weighted by atomic mass is 10.2. The number of carbonyl (C=O) groups excluding carboxylic acids is 1. The molecular formula is C8H8N2O4. The van der Waals surface area contributed by atoms with Gasteiger partial charge in [-0.1, -0.05) is 0 Å². The molecule has 1 aliphatic heterocycles. The van der Waals surface area contributed by atoms with Gasteiger partial charge in [0.05, 0.1) is 6.61 Å². The number of amides is 1. The van der Waals surface area contributed by atoms with Gasteiger partial charge in [0.1, 0.15) is 0 Å². The summed E-state index contributed by atoms with van der Waals surface area (Å²) >= 11 is 0. The summed E-state index contributed by atoms with van der Waals surface area (Å²) in [7, 11) is 0. The highest BCUT2D eigenvalue weighted by atomic mass is 16.7. The molecule has 14 heavy (non-hydrogen) atoms. The van der Waals surface area contributed by atoms with Gasteiger partial charge in [-0.05, 0) is 6.07 Å². The first-order chi connectivity index (χ1) is 6.83. The van der Waals surface area contributed by atoms with Crippen LogP contribution in [-0.4, -0.2) is 22.9 Å². The van der Waals surface area contributed by atoms with Crippen LogP contribution in [0.1, 0.15) is 16.1 Å². The van der Waals surface area contributed by atoms with Gasteiger partial charge >= 0.3 is 0 Å². The van der Waals surface area contributed by atoms with E-state index in [0.717, 1.165) is 5.56 Å². The van der Waals surface area contributed by atoms with E-state index in [9.17, 15) is 4.79 Å². The number of carbonyl (C=O) groups is 1. The molecule has 2 rings (SSSR count). The van der Waals surface area contributed by atoms with Crippen LogP contribution in [0.5, 0.6) is 5.75 Å². The molecule has 0 fully saturated rings. The van der Waals surface area contributed by atoms with Crippen molar-refractivity contribution in [2.24, 2.45) is 0 Å². The van der Waals surface area contributed by atoms with Crippen molar-refractivity contribution in [3.05, 3.63) is 23.5 Å². The van der Waals surface area contributed by atoms with Crippen molar-refractivity contribution in [1.29, 1.82) is 0 Å². The number of pyridine rings is 1. The Morgan fingerprint density at radius 1 is 1.64 bits per heavy atom. The number of rotatable bonds is 1. The van der Waals surface area contributed by atoms with Crippen LogP contribution in [0.15, 0.2) is 12.3 Å². The Morgan fingerprint density at radius 2 is 2.50 bits per heavy atom. The summed E-state index contributed by atoms with van der Waals surface area (Å²) in [5.74, 6) is -0.325. The molecule has 2 heterocycles. The number of fused-ring (bicyclic) bond motifs is 1. The summed E-state index contributed by atoms with van der Waals surface area (Å²) in [6.07, 6.45) is 1.46. The fourth-order valence-electron chi connectivity index (χ4n) is 1.23. The molecule has 0 aliphatic carbocycles. The maximum Gasteiger partial charge on any atom is 0.297 e. The predicted molar refractivity (Wildman–Crippen MR) is 43.8 cm³/mol. The molecule has 0 saturated carbocycles. The molecule has 0 atom stereocenters. The van der Waals surface area contributed by atoms with Gasteiger partial charge in [0.2, 0.25) is 0 Å². The van der Waals surface area contributed by atoms with E-state index in [1.54, 1.807) is 6.07 Å². The molecule has 74 valence electrons. The third kappa shape index (κ3) is 1.40. The van der Waals surface area contributed by atoms with E-state index < -0.39 is 5.91 Å². The summed E-state index contributed by atoms with van der Waals surface area (Å²) < 4.78 is 10.1. The average molecular weight is 196 g/mol. The third-order valence-corrected chi connectivity index (χ3v) is 1.85. The van der Waals surface area contributed by atoms with Crippen LogP contribution in [0.4, 0.5) is 0 Å². The number of nitrogens with zero attached hydrogens (tertiary/aromatic N) is 1. The normalized spacial score (nSPS) is 14.1. The number of hydrogen-bond donors (Lipinski definition) is 2. The van der Waals surface area contributed by atoms with Crippen LogP contribution >= 0.6 is 0 Å². The Morgan fingerprint density at radius 3 is 3.29 bits per heavy atom. The van der Waals surface area contributed by atoms with E-state index in [-0.39, 0.29) is 12.5 Å². The summed E-state index contributed by atoms with van der Waals surface area (Å²) in [5, 5.41) is 8.46. The van der Waals surface area contributed by atoms with Gasteiger partial charge in [-0.25, -0.2) is 10.5 Å². The molecule has 1 aliphatic rings. The summed E-state index contributed by atoms with van der Waals surface area (Å²) in [5.41, 5.74) is 2.31. The van der Waals surface area contributed by atoms with E-state index >= 15 is 0 Å². The quantitative estimate of drug-likeness (QED) is 0.490. The monoisotopic (exact) mass is 196 g/mol. The second-order valence-corrected chi connectivity index (χ2v) is 2.70. The molecule has 1 amide bonds. The largest absolute Gasteiger partial charge is 0.465 e. The Kier molecular flexibility index (Phi) is 2.30. The minimum atomic E-state index is -0.691. The van der Waals surface area contributed by atoms with Crippen LogP contribution in [0, 0.1) is 0 Å². The zero-order chi connectivity index (χ0) is 9.97. The lowest BCUT2D eigenvalue weighted by Gasteiger charge is -2.18. The van der Waals surface area contributed by atoms with E-state index in [1.165, 1.54) is 11.7 Å². The van der Waals surface area contributed by atoms with E-state index in [4.69, 9.17) is 14.7 Å². The first-order valence-electron chi connectivity index (χ1n) is 3.96. The molecular weight excluding hydrogens is 188 g/mol. The number of hydroxylamine groups is 1. The highest BCUT2D eigenvalue weighted by Gasteiger charge is 2.20. The molecule has 0 unspecified atom stereocenters. The zero-order valence-corrected chi connectivity index (χ0v) is 7.19. The van der Waals surface area contributed by atoms with Gasteiger partial charge in [0.25, 0.3) is 5.91 Å². The maximum atomic E-state index is 11.1. The van der Waals surface area contributed by atoms with Crippen molar-refractivity contribution in [1.82, 2.24) is 10.5 Å². The highest BCUT2D eigenvalue weighted by molar-refractivity contribution is 5.94. The lowest BCUT2D eigenvalue weighted by Crippen LogP contribution is -2.23. The molecule has 6 heteroatoms. The molecule has 0 bridgehead atoms. The van der Waals surface area contributed by atoms with E-state index in [2.05, 4.69) is 4.98 Å². The highest BCUT2D eigenvalue weighted by Crippen LogP contribution is 2.25. The van der Waals surface area contributed by atoms with Gasteiger partial charge in [0, 0.05) is 11.8 Å². The number of aromatic nitrogens is 1. The fraction of sp³-hybridized carbons (Fsp3) is 0.250. The minimum absolute atomic E-state index is 0.0632. The lowest BCUT2D eigenvalue weighted by molar-refractivity contribution is -0.0174. The topological polar surface area (TPSA) is 80.7 Å². The summed E-state index contributed by atoms with van der Waals surface area (Å²) in [6, 6.07) is 1.70. The van der Waals surface area contributed by atoms with Crippen molar-refractivity contribution in [2.45, 2.75) is 6.61 Å². The average Bonchev–Trinajstić information content (AvgIpc) is 2.27. The van der Waals surface area contributed by atoms with Crippen molar-refractivity contribution < 1.29 is 19.5 Å². The van der Waals surface area contributed by atoms with Crippen molar-refractivity contribution in [3.63, 3.8) is 0 Å².